The van der Waals surface area contributed by atoms with E-state index in [9.17, 15) is 13.2 Å². The highest BCUT2D eigenvalue weighted by atomic mass is 19.4. The Morgan fingerprint density at radius 1 is 1.24 bits per heavy atom. The number of hydrogen-bond donors (Lipinski definition) is 2. The number of nitrogens with two attached hydrogens (primary N) is 1. The molecule has 0 spiro atoms. The lowest BCUT2D eigenvalue weighted by molar-refractivity contribution is -0.137. The van der Waals surface area contributed by atoms with E-state index in [1.807, 2.05) is 6.07 Å². The highest BCUT2D eigenvalue weighted by Gasteiger charge is 2.31. The largest absolute Gasteiger partial charge is 0.477 e. The van der Waals surface area contributed by atoms with Crippen molar-refractivity contribution in [1.82, 2.24) is 9.97 Å². The van der Waals surface area contributed by atoms with Gasteiger partial charge in [0.1, 0.15) is 5.82 Å². The third-order valence-electron chi connectivity index (χ3n) is 2.61. The predicted octanol–water partition coefficient (Wildman–Crippen LogP) is 2.40. The molecule has 0 aromatic carbocycles. The first kappa shape index (κ1) is 15.0. The molecule has 0 atom stereocenters. The zero-order valence-electron chi connectivity index (χ0n) is 10.9. The van der Waals surface area contributed by atoms with Crippen molar-refractivity contribution in [3.8, 4) is 5.88 Å². The van der Waals surface area contributed by atoms with Gasteiger partial charge in [0.2, 0.25) is 5.88 Å². The number of ether oxygens (including phenoxy) is 1. The van der Waals surface area contributed by atoms with E-state index in [1.54, 1.807) is 18.3 Å². The standard InChI is InChI=1S/C13H13F3N4O/c14-13(15,16)9-7-11(20-17)19-12(8-9)21-6-4-10-3-1-2-5-18-10/h1-3,5,7-8H,4,6,17H2,(H,19,20). The Morgan fingerprint density at radius 3 is 2.67 bits per heavy atom. The lowest BCUT2D eigenvalue weighted by Crippen LogP contribution is -2.13. The van der Waals surface area contributed by atoms with Crippen molar-refractivity contribution in [1.29, 1.82) is 0 Å². The number of alkyl halides is 3. The molecule has 2 rings (SSSR count). The van der Waals surface area contributed by atoms with Crippen molar-refractivity contribution < 1.29 is 17.9 Å². The molecule has 0 aliphatic rings. The molecule has 2 aromatic heterocycles. The van der Waals surface area contributed by atoms with Crippen LogP contribution in [0.3, 0.4) is 0 Å². The first-order valence-electron chi connectivity index (χ1n) is 6.07. The van der Waals surface area contributed by atoms with E-state index in [0.717, 1.165) is 17.8 Å². The van der Waals surface area contributed by atoms with Crippen LogP contribution in [0, 0.1) is 0 Å². The van der Waals surface area contributed by atoms with E-state index in [-0.39, 0.29) is 18.3 Å². The van der Waals surface area contributed by atoms with Crippen LogP contribution in [-0.2, 0) is 12.6 Å². The number of hydrogen-bond acceptors (Lipinski definition) is 5. The fraction of sp³-hybridized carbons (Fsp3) is 0.231. The number of nitrogens with one attached hydrogen (secondary N) is 1. The van der Waals surface area contributed by atoms with Gasteiger partial charge >= 0.3 is 6.18 Å². The molecule has 3 N–H and O–H groups in total. The zero-order valence-corrected chi connectivity index (χ0v) is 10.9. The molecule has 0 unspecified atom stereocenters. The van der Waals surface area contributed by atoms with Crippen LogP contribution in [0.4, 0.5) is 19.0 Å². The van der Waals surface area contributed by atoms with Gasteiger partial charge in [0.25, 0.3) is 0 Å². The number of halogens is 3. The molecule has 0 fully saturated rings. The summed E-state index contributed by atoms with van der Waals surface area (Å²) in [6.07, 6.45) is -2.40. The number of nitrogen functional groups attached to an aromatic ring is 1. The molecule has 0 saturated heterocycles. The number of hydrazine groups is 1. The third kappa shape index (κ3) is 4.32. The molecule has 0 aliphatic heterocycles. The molecular weight excluding hydrogens is 285 g/mol. The maximum Gasteiger partial charge on any atom is 0.416 e. The van der Waals surface area contributed by atoms with Gasteiger partial charge in [-0.2, -0.15) is 18.2 Å². The number of anilines is 1. The quantitative estimate of drug-likeness (QED) is 0.655. The Bertz CT molecular complexity index is 590. The molecule has 2 aromatic rings. The van der Waals surface area contributed by atoms with Crippen LogP contribution in [0.1, 0.15) is 11.3 Å². The molecule has 0 radical (unpaired) electrons. The molecule has 0 aliphatic carbocycles. The van der Waals surface area contributed by atoms with Crippen LogP contribution in [0.2, 0.25) is 0 Å². The van der Waals surface area contributed by atoms with Crippen molar-refractivity contribution in [3.63, 3.8) is 0 Å². The van der Waals surface area contributed by atoms with Gasteiger partial charge in [-0.25, -0.2) is 5.84 Å². The Labute approximate surface area is 118 Å². The lowest BCUT2D eigenvalue weighted by Gasteiger charge is -2.11. The maximum atomic E-state index is 12.7. The molecule has 21 heavy (non-hydrogen) atoms. The number of nitrogens with zero attached hydrogens (tertiary/aromatic N) is 2. The van der Waals surface area contributed by atoms with E-state index in [2.05, 4.69) is 15.4 Å². The molecule has 0 bridgehead atoms. The van der Waals surface area contributed by atoms with E-state index in [4.69, 9.17) is 10.6 Å². The van der Waals surface area contributed by atoms with Crippen LogP contribution in [0.15, 0.2) is 36.5 Å². The molecule has 8 heteroatoms. The first-order chi connectivity index (χ1) is 9.99. The van der Waals surface area contributed by atoms with E-state index in [1.165, 1.54) is 0 Å². The van der Waals surface area contributed by atoms with Crippen molar-refractivity contribution in [3.05, 3.63) is 47.8 Å². The van der Waals surface area contributed by atoms with Gasteiger partial charge in [-0.1, -0.05) is 6.07 Å². The fourth-order valence-electron chi connectivity index (χ4n) is 1.62. The molecular formula is C13H13F3N4O. The zero-order chi connectivity index (χ0) is 15.3. The van der Waals surface area contributed by atoms with Crippen LogP contribution in [0.25, 0.3) is 0 Å². The SMILES string of the molecule is NNc1cc(C(F)(F)F)cc(OCCc2ccccn2)n1. The predicted molar refractivity (Wildman–Crippen MR) is 70.5 cm³/mol. The molecule has 112 valence electrons. The van der Waals surface area contributed by atoms with Crippen LogP contribution >= 0.6 is 0 Å². The first-order valence-corrected chi connectivity index (χ1v) is 6.07. The molecule has 2 heterocycles. The van der Waals surface area contributed by atoms with E-state index < -0.39 is 11.7 Å². The Hall–Kier alpha value is -2.35. The molecule has 0 amide bonds. The van der Waals surface area contributed by atoms with Crippen molar-refractivity contribution in [2.75, 3.05) is 12.0 Å². The summed E-state index contributed by atoms with van der Waals surface area (Å²) >= 11 is 0. The number of aromatic nitrogens is 2. The van der Waals surface area contributed by atoms with Crippen molar-refractivity contribution in [2.45, 2.75) is 12.6 Å². The summed E-state index contributed by atoms with van der Waals surface area (Å²) < 4.78 is 43.4. The lowest BCUT2D eigenvalue weighted by atomic mass is 10.2. The van der Waals surface area contributed by atoms with Crippen molar-refractivity contribution >= 4 is 5.82 Å². The number of rotatable bonds is 5. The highest BCUT2D eigenvalue weighted by molar-refractivity contribution is 5.41. The van der Waals surface area contributed by atoms with Crippen LogP contribution in [0.5, 0.6) is 5.88 Å². The second kappa shape index (κ2) is 6.40. The van der Waals surface area contributed by atoms with Gasteiger partial charge in [-0.05, 0) is 18.2 Å². The Kier molecular flexibility index (Phi) is 4.59. The summed E-state index contributed by atoms with van der Waals surface area (Å²) in [5.41, 5.74) is 1.99. The summed E-state index contributed by atoms with van der Waals surface area (Å²) in [5, 5.41) is 0. The van der Waals surface area contributed by atoms with Crippen molar-refractivity contribution in [2.24, 2.45) is 5.84 Å². The van der Waals surface area contributed by atoms with Crippen LogP contribution in [-0.4, -0.2) is 16.6 Å². The molecule has 5 nitrogen and oxygen atoms in total. The van der Waals surface area contributed by atoms with Gasteiger partial charge in [0.05, 0.1) is 12.2 Å². The third-order valence-corrected chi connectivity index (χ3v) is 2.61. The average molecular weight is 298 g/mol. The summed E-state index contributed by atoms with van der Waals surface area (Å²) in [6, 6.07) is 7.04. The summed E-state index contributed by atoms with van der Waals surface area (Å²) in [5.74, 6) is 4.85. The number of pyridine rings is 2. The van der Waals surface area contributed by atoms with Gasteiger partial charge in [-0.3, -0.25) is 4.98 Å². The van der Waals surface area contributed by atoms with Gasteiger partial charge < -0.3 is 10.2 Å². The maximum absolute atomic E-state index is 12.7. The normalized spacial score (nSPS) is 11.2. The second-order valence-electron chi connectivity index (χ2n) is 4.14. The van der Waals surface area contributed by atoms with E-state index >= 15 is 0 Å². The minimum atomic E-state index is -4.49. The van der Waals surface area contributed by atoms with Gasteiger partial charge in [0.15, 0.2) is 0 Å². The van der Waals surface area contributed by atoms with Gasteiger partial charge in [-0.15, -0.1) is 0 Å². The van der Waals surface area contributed by atoms with Gasteiger partial charge in [0, 0.05) is 24.4 Å². The minimum Gasteiger partial charge on any atom is -0.477 e. The fourth-order valence-corrected chi connectivity index (χ4v) is 1.62. The summed E-state index contributed by atoms with van der Waals surface area (Å²) in [6.45, 7) is 0.162. The Balaban J connectivity index is 2.05. The second-order valence-corrected chi connectivity index (χ2v) is 4.14. The summed E-state index contributed by atoms with van der Waals surface area (Å²) in [7, 11) is 0. The summed E-state index contributed by atoms with van der Waals surface area (Å²) in [4.78, 5) is 7.91. The van der Waals surface area contributed by atoms with Crippen LogP contribution < -0.4 is 16.0 Å². The smallest absolute Gasteiger partial charge is 0.416 e. The van der Waals surface area contributed by atoms with E-state index in [0.29, 0.717) is 6.42 Å². The monoisotopic (exact) mass is 298 g/mol. The highest BCUT2D eigenvalue weighted by Crippen LogP contribution is 2.32. The topological polar surface area (TPSA) is 73.1 Å². The average Bonchev–Trinajstić information content (AvgIpc) is 2.47. The molecule has 0 saturated carbocycles. The minimum absolute atomic E-state index is 0.113. The Morgan fingerprint density at radius 2 is 2.05 bits per heavy atom.